The zero-order valence-electron chi connectivity index (χ0n) is 13.3. The van der Waals surface area contributed by atoms with Gasteiger partial charge in [-0.2, -0.15) is 18.6 Å². The lowest BCUT2D eigenvalue weighted by Crippen LogP contribution is -2.29. The molecule has 0 saturated carbocycles. The molecule has 3 rings (SSSR count). The minimum atomic E-state index is -2.84. The molecule has 24 heavy (non-hydrogen) atoms. The van der Waals surface area contributed by atoms with E-state index in [0.717, 1.165) is 19.6 Å². The third-order valence-electron chi connectivity index (χ3n) is 4.15. The molecular weight excluding hydrogens is 314 g/mol. The second kappa shape index (κ2) is 7.53. The Morgan fingerprint density at radius 3 is 2.50 bits per heavy atom. The number of likely N-dealkylation sites (tertiary alicyclic amines) is 1. The molecule has 0 atom stereocenters. The van der Waals surface area contributed by atoms with Crippen molar-refractivity contribution in [3.05, 3.63) is 47.8 Å². The van der Waals surface area contributed by atoms with Crippen LogP contribution in [0.5, 0.6) is 0 Å². The first-order chi connectivity index (χ1) is 11.6. The maximum Gasteiger partial charge on any atom is 0.333 e. The molecule has 0 bridgehead atoms. The maximum atomic E-state index is 12.8. The van der Waals surface area contributed by atoms with Crippen LogP contribution in [0.25, 0.3) is 0 Å². The highest BCUT2D eigenvalue weighted by Crippen LogP contribution is 2.17. The molecule has 2 heterocycles. The van der Waals surface area contributed by atoms with Crippen LogP contribution in [0.1, 0.15) is 41.9 Å². The van der Waals surface area contributed by atoms with Gasteiger partial charge in [-0.1, -0.05) is 18.6 Å². The van der Waals surface area contributed by atoms with Crippen molar-refractivity contribution < 1.29 is 13.6 Å². The lowest BCUT2D eigenvalue weighted by Gasteiger charge is -2.26. The Bertz CT molecular complexity index is 678. The summed E-state index contributed by atoms with van der Waals surface area (Å²) in [5.74, 6) is -0.600. The molecule has 7 heteroatoms. The summed E-state index contributed by atoms with van der Waals surface area (Å²) in [6.07, 6.45) is 4.97. The zero-order chi connectivity index (χ0) is 16.9. The number of benzene rings is 1. The van der Waals surface area contributed by atoms with Crippen LogP contribution in [0.3, 0.4) is 0 Å². The molecular formula is C17H20F2N4O. The molecule has 1 aliphatic heterocycles. The highest BCUT2D eigenvalue weighted by Gasteiger charge is 2.18. The largest absolute Gasteiger partial charge is 0.333 e. The average molecular weight is 334 g/mol. The fraction of sp³-hybridized carbons (Fsp3) is 0.412. The van der Waals surface area contributed by atoms with Crippen LogP contribution < -0.4 is 5.32 Å². The molecule has 1 N–H and O–H groups in total. The second-order valence-corrected chi connectivity index (χ2v) is 5.93. The number of carbonyl (C=O) groups is 1. The summed E-state index contributed by atoms with van der Waals surface area (Å²) in [4.78, 5) is 14.5. The number of hydrogen-bond donors (Lipinski definition) is 1. The average Bonchev–Trinajstić information content (AvgIpc) is 3.08. The molecule has 0 aliphatic carbocycles. The maximum absolute atomic E-state index is 12.8. The number of anilines is 1. The van der Waals surface area contributed by atoms with Gasteiger partial charge in [0.15, 0.2) is 0 Å². The van der Waals surface area contributed by atoms with Gasteiger partial charge in [-0.25, -0.2) is 0 Å². The van der Waals surface area contributed by atoms with Crippen LogP contribution in [-0.4, -0.2) is 33.7 Å². The summed E-state index contributed by atoms with van der Waals surface area (Å²) in [5.41, 5.74) is 1.58. The van der Waals surface area contributed by atoms with E-state index in [2.05, 4.69) is 15.3 Å². The predicted octanol–water partition coefficient (Wildman–Crippen LogP) is 3.52. The summed E-state index contributed by atoms with van der Waals surface area (Å²) in [5, 5.41) is 6.08. The number of nitrogens with one attached hydrogen (secondary N) is 1. The number of amides is 1. The first-order valence-electron chi connectivity index (χ1n) is 8.08. The topological polar surface area (TPSA) is 50.2 Å². The van der Waals surface area contributed by atoms with Gasteiger partial charge in [0, 0.05) is 18.4 Å². The molecule has 5 nitrogen and oxygen atoms in total. The van der Waals surface area contributed by atoms with Crippen molar-refractivity contribution in [2.24, 2.45) is 0 Å². The smallest absolute Gasteiger partial charge is 0.321 e. The van der Waals surface area contributed by atoms with E-state index in [-0.39, 0.29) is 5.69 Å². The lowest BCUT2D eigenvalue weighted by molar-refractivity contribution is 0.0520. The molecule has 0 unspecified atom stereocenters. The number of hydrogen-bond acceptors (Lipinski definition) is 3. The van der Waals surface area contributed by atoms with E-state index in [1.54, 1.807) is 12.1 Å². The van der Waals surface area contributed by atoms with E-state index >= 15 is 0 Å². The number of halogens is 2. The minimum Gasteiger partial charge on any atom is -0.321 e. The normalized spacial score (nSPS) is 15.6. The van der Waals surface area contributed by atoms with Crippen molar-refractivity contribution in [2.75, 3.05) is 18.4 Å². The number of alkyl halides is 2. The fourth-order valence-corrected chi connectivity index (χ4v) is 2.91. The van der Waals surface area contributed by atoms with Crippen molar-refractivity contribution in [3.8, 4) is 0 Å². The Morgan fingerprint density at radius 1 is 1.12 bits per heavy atom. The highest BCUT2D eigenvalue weighted by atomic mass is 19.3. The predicted molar refractivity (Wildman–Crippen MR) is 87.0 cm³/mol. The highest BCUT2D eigenvalue weighted by molar-refractivity contribution is 6.03. The summed E-state index contributed by atoms with van der Waals surface area (Å²) < 4.78 is 25.9. The van der Waals surface area contributed by atoms with Gasteiger partial charge < -0.3 is 5.32 Å². The van der Waals surface area contributed by atoms with E-state index in [1.165, 1.54) is 37.1 Å². The Kier molecular flexibility index (Phi) is 5.20. The van der Waals surface area contributed by atoms with Crippen LogP contribution >= 0.6 is 0 Å². The lowest BCUT2D eigenvalue weighted by atomic mass is 10.1. The first-order valence-corrected chi connectivity index (χ1v) is 8.08. The van der Waals surface area contributed by atoms with Gasteiger partial charge in [-0.3, -0.25) is 9.69 Å². The molecule has 1 fully saturated rings. The van der Waals surface area contributed by atoms with E-state index < -0.39 is 12.5 Å². The number of rotatable bonds is 5. The monoisotopic (exact) mass is 334 g/mol. The summed E-state index contributed by atoms with van der Waals surface area (Å²) in [6.45, 7) is 0.297. The van der Waals surface area contributed by atoms with Gasteiger partial charge in [-0.05, 0) is 49.7 Å². The SMILES string of the molecule is O=C(Nc1ccc(CN2CCCCC2)cc1)c1ccnn1C(F)F. The van der Waals surface area contributed by atoms with Gasteiger partial charge >= 0.3 is 6.55 Å². The third-order valence-corrected chi connectivity index (χ3v) is 4.15. The number of piperidine rings is 1. The minimum absolute atomic E-state index is 0.164. The van der Waals surface area contributed by atoms with Crippen molar-refractivity contribution in [1.82, 2.24) is 14.7 Å². The van der Waals surface area contributed by atoms with Crippen molar-refractivity contribution in [2.45, 2.75) is 32.4 Å². The van der Waals surface area contributed by atoms with Gasteiger partial charge in [0.05, 0.1) is 0 Å². The fourth-order valence-electron chi connectivity index (χ4n) is 2.91. The van der Waals surface area contributed by atoms with Gasteiger partial charge in [-0.15, -0.1) is 0 Å². The van der Waals surface area contributed by atoms with Crippen molar-refractivity contribution in [3.63, 3.8) is 0 Å². The molecule has 0 radical (unpaired) electrons. The Morgan fingerprint density at radius 2 is 1.83 bits per heavy atom. The van der Waals surface area contributed by atoms with Gasteiger partial charge in [0.1, 0.15) is 5.69 Å². The van der Waals surface area contributed by atoms with Crippen molar-refractivity contribution >= 4 is 11.6 Å². The van der Waals surface area contributed by atoms with Crippen LogP contribution in [0.4, 0.5) is 14.5 Å². The van der Waals surface area contributed by atoms with Crippen LogP contribution in [0, 0.1) is 0 Å². The van der Waals surface area contributed by atoms with Crippen LogP contribution in [0.2, 0.25) is 0 Å². The molecule has 1 aliphatic rings. The standard InChI is InChI=1S/C17H20F2N4O/c18-17(19)23-15(8-9-20-23)16(24)21-14-6-4-13(5-7-14)12-22-10-2-1-3-11-22/h4-9,17H,1-3,10-12H2,(H,21,24). The number of aromatic nitrogens is 2. The molecule has 1 saturated heterocycles. The molecule has 128 valence electrons. The summed E-state index contributed by atoms with van der Waals surface area (Å²) in [7, 11) is 0. The number of nitrogens with zero attached hydrogens (tertiary/aromatic N) is 3. The van der Waals surface area contributed by atoms with E-state index in [9.17, 15) is 13.6 Å². The van der Waals surface area contributed by atoms with Gasteiger partial charge in [0.25, 0.3) is 5.91 Å². The van der Waals surface area contributed by atoms with Crippen LogP contribution in [-0.2, 0) is 6.54 Å². The van der Waals surface area contributed by atoms with Crippen molar-refractivity contribution in [1.29, 1.82) is 0 Å². The summed E-state index contributed by atoms with van der Waals surface area (Å²) in [6, 6.07) is 8.76. The first kappa shape index (κ1) is 16.6. The summed E-state index contributed by atoms with van der Waals surface area (Å²) >= 11 is 0. The molecule has 1 amide bonds. The van der Waals surface area contributed by atoms with Gasteiger partial charge in [0.2, 0.25) is 0 Å². The molecule has 2 aromatic rings. The Labute approximate surface area is 139 Å². The van der Waals surface area contributed by atoms with E-state index in [0.29, 0.717) is 10.4 Å². The molecule has 0 spiro atoms. The molecule has 1 aromatic carbocycles. The second-order valence-electron chi connectivity index (χ2n) is 5.93. The van der Waals surface area contributed by atoms with Crippen LogP contribution in [0.15, 0.2) is 36.5 Å². The Balaban J connectivity index is 1.61. The quantitative estimate of drug-likeness (QED) is 0.910. The number of carbonyl (C=O) groups excluding carboxylic acids is 1. The zero-order valence-corrected chi connectivity index (χ0v) is 13.3. The third kappa shape index (κ3) is 3.97. The van der Waals surface area contributed by atoms with E-state index in [4.69, 9.17) is 0 Å². The van der Waals surface area contributed by atoms with E-state index in [1.807, 2.05) is 12.1 Å². The Hall–Kier alpha value is -2.28. The molecule has 1 aromatic heterocycles.